The van der Waals surface area contributed by atoms with E-state index in [1.165, 1.54) is 18.5 Å². The van der Waals surface area contributed by atoms with Gasteiger partial charge in [-0.05, 0) is 25.1 Å². The number of aromatic nitrogens is 2. The highest BCUT2D eigenvalue weighted by atomic mass is 19.1. The highest BCUT2D eigenvalue weighted by Gasteiger charge is 2.11. The third-order valence-electron chi connectivity index (χ3n) is 2.44. The van der Waals surface area contributed by atoms with Gasteiger partial charge in [-0.25, -0.2) is 20.2 Å². The van der Waals surface area contributed by atoms with Gasteiger partial charge in [-0.2, -0.15) is 5.26 Å². The van der Waals surface area contributed by atoms with E-state index in [2.05, 4.69) is 15.4 Å². The second kappa shape index (κ2) is 5.29. The molecule has 0 aliphatic rings. The van der Waals surface area contributed by atoms with Gasteiger partial charge < -0.3 is 10.2 Å². The number of nitrogen functional groups attached to an aromatic ring is 1. The van der Waals surface area contributed by atoms with Crippen LogP contribution in [0.5, 0.6) is 11.6 Å². The molecule has 0 fully saturated rings. The van der Waals surface area contributed by atoms with Gasteiger partial charge in [0.2, 0.25) is 5.88 Å². The molecule has 7 heteroatoms. The number of nitrogens with zero attached hydrogens (tertiary/aromatic N) is 3. The van der Waals surface area contributed by atoms with Crippen LogP contribution in [0.1, 0.15) is 11.1 Å². The Morgan fingerprint density at radius 3 is 2.84 bits per heavy atom. The SMILES string of the molecule is Cc1c(NN)ncnc1Oc1ccc(C#N)cc1F. The second-order valence-corrected chi connectivity index (χ2v) is 3.66. The summed E-state index contributed by atoms with van der Waals surface area (Å²) in [4.78, 5) is 7.79. The Balaban J connectivity index is 2.34. The minimum absolute atomic E-state index is 0.0243. The first-order valence-corrected chi connectivity index (χ1v) is 5.31. The fourth-order valence-corrected chi connectivity index (χ4v) is 1.44. The van der Waals surface area contributed by atoms with Gasteiger partial charge in [0.15, 0.2) is 11.6 Å². The van der Waals surface area contributed by atoms with Crippen LogP contribution in [0.15, 0.2) is 24.5 Å². The monoisotopic (exact) mass is 259 g/mol. The number of halogens is 1. The molecule has 0 spiro atoms. The van der Waals surface area contributed by atoms with Crippen molar-refractivity contribution in [1.29, 1.82) is 5.26 Å². The van der Waals surface area contributed by atoms with E-state index in [0.29, 0.717) is 11.4 Å². The fourth-order valence-electron chi connectivity index (χ4n) is 1.44. The van der Waals surface area contributed by atoms with Crippen molar-refractivity contribution in [2.45, 2.75) is 6.92 Å². The topological polar surface area (TPSA) is 96.8 Å². The summed E-state index contributed by atoms with van der Waals surface area (Å²) in [6, 6.07) is 5.75. The summed E-state index contributed by atoms with van der Waals surface area (Å²) >= 11 is 0. The van der Waals surface area contributed by atoms with Crippen molar-refractivity contribution in [3.05, 3.63) is 41.5 Å². The molecule has 0 bridgehead atoms. The van der Waals surface area contributed by atoms with Gasteiger partial charge in [-0.3, -0.25) is 0 Å². The summed E-state index contributed by atoms with van der Waals surface area (Å²) in [5.41, 5.74) is 3.15. The molecule has 0 atom stereocenters. The number of nitriles is 1. The van der Waals surface area contributed by atoms with Crippen LogP contribution in [0.3, 0.4) is 0 Å². The molecule has 1 aromatic heterocycles. The first-order chi connectivity index (χ1) is 9.15. The molecular formula is C12H10FN5O. The Hall–Kier alpha value is -2.72. The molecule has 2 rings (SSSR count). The van der Waals surface area contributed by atoms with Gasteiger partial charge in [0.25, 0.3) is 0 Å². The van der Waals surface area contributed by atoms with Crippen LogP contribution in [0.4, 0.5) is 10.2 Å². The summed E-state index contributed by atoms with van der Waals surface area (Å²) < 4.78 is 19.0. The quantitative estimate of drug-likeness (QED) is 0.645. The van der Waals surface area contributed by atoms with Crippen LogP contribution in [0.2, 0.25) is 0 Å². The standard InChI is InChI=1S/C12H10FN5O/c1-7-11(18-15)16-6-17-12(7)19-10-3-2-8(5-14)4-9(10)13/h2-4,6H,15H2,1H3,(H,16,17,18). The largest absolute Gasteiger partial charge is 0.435 e. The van der Waals surface area contributed by atoms with Crippen molar-refractivity contribution in [2.75, 3.05) is 5.43 Å². The first-order valence-electron chi connectivity index (χ1n) is 5.31. The van der Waals surface area contributed by atoms with Gasteiger partial charge in [0.1, 0.15) is 12.1 Å². The zero-order valence-corrected chi connectivity index (χ0v) is 10.0. The molecule has 0 radical (unpaired) electrons. The molecule has 0 amide bonds. The van der Waals surface area contributed by atoms with Crippen LogP contribution in [-0.2, 0) is 0 Å². The number of hydrogen-bond donors (Lipinski definition) is 2. The molecule has 2 aromatic rings. The van der Waals surface area contributed by atoms with E-state index in [1.807, 2.05) is 6.07 Å². The highest BCUT2D eigenvalue weighted by Crippen LogP contribution is 2.27. The fraction of sp³-hybridized carbons (Fsp3) is 0.0833. The summed E-state index contributed by atoms with van der Waals surface area (Å²) in [5.74, 6) is 5.19. The van der Waals surface area contributed by atoms with Crippen molar-refractivity contribution in [3.8, 4) is 17.7 Å². The molecular weight excluding hydrogens is 249 g/mol. The number of ether oxygens (including phenoxy) is 1. The van der Waals surface area contributed by atoms with Crippen LogP contribution in [-0.4, -0.2) is 9.97 Å². The normalized spacial score (nSPS) is 9.79. The third-order valence-corrected chi connectivity index (χ3v) is 2.44. The van der Waals surface area contributed by atoms with Crippen LogP contribution in [0.25, 0.3) is 0 Å². The molecule has 1 aromatic carbocycles. The predicted molar refractivity (Wildman–Crippen MR) is 65.8 cm³/mol. The maximum absolute atomic E-state index is 13.7. The van der Waals surface area contributed by atoms with Crippen molar-refractivity contribution >= 4 is 5.82 Å². The van der Waals surface area contributed by atoms with Gasteiger partial charge in [0, 0.05) is 0 Å². The average molecular weight is 259 g/mol. The van der Waals surface area contributed by atoms with Gasteiger partial charge in [-0.15, -0.1) is 0 Å². The Labute approximate surface area is 108 Å². The van der Waals surface area contributed by atoms with E-state index < -0.39 is 5.82 Å². The van der Waals surface area contributed by atoms with E-state index in [4.69, 9.17) is 15.8 Å². The Bertz CT molecular complexity index is 653. The lowest BCUT2D eigenvalue weighted by atomic mass is 10.2. The molecule has 6 nitrogen and oxygen atoms in total. The van der Waals surface area contributed by atoms with Crippen molar-refractivity contribution in [1.82, 2.24) is 9.97 Å². The molecule has 0 aliphatic heterocycles. The molecule has 0 unspecified atom stereocenters. The summed E-state index contributed by atoms with van der Waals surface area (Å²) in [6.07, 6.45) is 1.25. The van der Waals surface area contributed by atoms with E-state index >= 15 is 0 Å². The maximum Gasteiger partial charge on any atom is 0.227 e. The first kappa shape index (κ1) is 12.7. The van der Waals surface area contributed by atoms with Gasteiger partial charge in [0.05, 0.1) is 17.2 Å². The summed E-state index contributed by atoms with van der Waals surface area (Å²) in [6.45, 7) is 1.69. The number of hydrazine groups is 1. The third kappa shape index (κ3) is 2.59. The molecule has 0 saturated carbocycles. The van der Waals surface area contributed by atoms with Gasteiger partial charge >= 0.3 is 0 Å². The maximum atomic E-state index is 13.7. The number of nitrogens with two attached hydrogens (primary N) is 1. The van der Waals surface area contributed by atoms with Crippen LogP contribution in [0, 0.1) is 24.1 Å². The van der Waals surface area contributed by atoms with Crippen LogP contribution < -0.4 is 16.0 Å². The summed E-state index contributed by atoms with van der Waals surface area (Å²) in [7, 11) is 0. The van der Waals surface area contributed by atoms with Crippen molar-refractivity contribution < 1.29 is 9.13 Å². The number of rotatable bonds is 3. The van der Waals surface area contributed by atoms with E-state index in [-0.39, 0.29) is 17.2 Å². The molecule has 19 heavy (non-hydrogen) atoms. The number of benzene rings is 1. The van der Waals surface area contributed by atoms with E-state index in [9.17, 15) is 4.39 Å². The minimum Gasteiger partial charge on any atom is -0.435 e. The predicted octanol–water partition coefficient (Wildman–Crippen LogP) is 1.87. The molecule has 3 N–H and O–H groups in total. The molecule has 0 aliphatic carbocycles. The average Bonchev–Trinajstić information content (AvgIpc) is 2.43. The lowest BCUT2D eigenvalue weighted by Crippen LogP contribution is -2.11. The van der Waals surface area contributed by atoms with Crippen molar-refractivity contribution in [2.24, 2.45) is 5.84 Å². The second-order valence-electron chi connectivity index (χ2n) is 3.66. The zero-order valence-electron chi connectivity index (χ0n) is 10.0. The number of nitrogens with one attached hydrogen (secondary N) is 1. The summed E-state index contributed by atoms with van der Waals surface area (Å²) in [5, 5.41) is 8.65. The van der Waals surface area contributed by atoms with E-state index in [1.54, 1.807) is 6.92 Å². The number of hydrogen-bond acceptors (Lipinski definition) is 6. The number of anilines is 1. The van der Waals surface area contributed by atoms with E-state index in [0.717, 1.165) is 6.07 Å². The zero-order chi connectivity index (χ0) is 13.8. The molecule has 96 valence electrons. The lowest BCUT2D eigenvalue weighted by molar-refractivity contribution is 0.423. The minimum atomic E-state index is -0.640. The smallest absolute Gasteiger partial charge is 0.227 e. The van der Waals surface area contributed by atoms with Gasteiger partial charge in [-0.1, -0.05) is 0 Å². The highest BCUT2D eigenvalue weighted by molar-refractivity contribution is 5.48. The Kier molecular flexibility index (Phi) is 3.54. The molecule has 0 saturated heterocycles. The Morgan fingerprint density at radius 1 is 1.42 bits per heavy atom. The Morgan fingerprint density at radius 2 is 2.21 bits per heavy atom. The lowest BCUT2D eigenvalue weighted by Gasteiger charge is -2.10. The molecule has 1 heterocycles. The van der Waals surface area contributed by atoms with Crippen molar-refractivity contribution in [3.63, 3.8) is 0 Å². The van der Waals surface area contributed by atoms with Crippen LogP contribution >= 0.6 is 0 Å².